The van der Waals surface area contributed by atoms with E-state index in [0.29, 0.717) is 17.4 Å². The third-order valence-corrected chi connectivity index (χ3v) is 3.33. The Kier molecular flexibility index (Phi) is 4.15. The summed E-state index contributed by atoms with van der Waals surface area (Å²) < 4.78 is 5.14. The van der Waals surface area contributed by atoms with Crippen molar-refractivity contribution in [1.29, 1.82) is 0 Å². The number of rotatable bonds is 3. The van der Waals surface area contributed by atoms with Crippen LogP contribution in [0.25, 0.3) is 0 Å². The Morgan fingerprint density at radius 3 is 3.17 bits per heavy atom. The minimum absolute atomic E-state index is 0.102. The first-order chi connectivity index (χ1) is 8.72. The summed E-state index contributed by atoms with van der Waals surface area (Å²) in [6.45, 7) is 3.11. The van der Waals surface area contributed by atoms with Crippen LogP contribution in [-0.4, -0.2) is 36.6 Å². The Bertz CT molecular complexity index is 422. The number of methoxy groups -OCH3 is 1. The second kappa shape index (κ2) is 5.82. The molecule has 1 saturated heterocycles. The zero-order valence-electron chi connectivity index (χ0n) is 10.8. The van der Waals surface area contributed by atoms with E-state index in [-0.39, 0.29) is 11.9 Å². The Morgan fingerprint density at radius 1 is 1.61 bits per heavy atom. The standard InChI is InChI=1S/C13H19N3O2/c1-9-11(4-3-6-15-9)16-13(17)10-5-7-14-8-12(10)18-2/h5,7-9,11,15H,3-4,6H2,1-2H3,(H,16,17). The third-order valence-electron chi connectivity index (χ3n) is 3.33. The van der Waals surface area contributed by atoms with E-state index in [0.717, 1.165) is 19.4 Å². The zero-order chi connectivity index (χ0) is 13.0. The first kappa shape index (κ1) is 12.8. The first-order valence-electron chi connectivity index (χ1n) is 6.24. The normalized spacial score (nSPS) is 23.4. The molecule has 0 bridgehead atoms. The summed E-state index contributed by atoms with van der Waals surface area (Å²) in [5, 5.41) is 6.41. The highest BCUT2D eigenvalue weighted by atomic mass is 16.5. The molecule has 1 aromatic heterocycles. The molecule has 0 aliphatic carbocycles. The lowest BCUT2D eigenvalue weighted by Gasteiger charge is -2.30. The molecule has 1 aromatic rings. The fourth-order valence-electron chi connectivity index (χ4n) is 2.22. The van der Waals surface area contributed by atoms with Gasteiger partial charge in [0.05, 0.1) is 18.9 Å². The van der Waals surface area contributed by atoms with Crippen molar-refractivity contribution < 1.29 is 9.53 Å². The van der Waals surface area contributed by atoms with E-state index in [4.69, 9.17) is 4.74 Å². The van der Waals surface area contributed by atoms with Crippen molar-refractivity contribution in [2.24, 2.45) is 0 Å². The molecule has 1 amide bonds. The summed E-state index contributed by atoms with van der Waals surface area (Å²) >= 11 is 0. The summed E-state index contributed by atoms with van der Waals surface area (Å²) in [6, 6.07) is 2.15. The van der Waals surface area contributed by atoms with Crippen LogP contribution in [0.5, 0.6) is 5.75 Å². The van der Waals surface area contributed by atoms with Crippen molar-refractivity contribution in [3.05, 3.63) is 24.0 Å². The number of pyridine rings is 1. The van der Waals surface area contributed by atoms with Crippen LogP contribution in [-0.2, 0) is 0 Å². The highest BCUT2D eigenvalue weighted by molar-refractivity contribution is 5.96. The first-order valence-corrected chi connectivity index (χ1v) is 6.24. The number of amides is 1. The Balaban J connectivity index is 2.07. The monoisotopic (exact) mass is 249 g/mol. The van der Waals surface area contributed by atoms with Gasteiger partial charge in [-0.3, -0.25) is 9.78 Å². The van der Waals surface area contributed by atoms with E-state index < -0.39 is 0 Å². The predicted octanol–water partition coefficient (Wildman–Crippen LogP) is 0.960. The third kappa shape index (κ3) is 2.79. The lowest BCUT2D eigenvalue weighted by atomic mass is 9.99. The number of aromatic nitrogens is 1. The highest BCUT2D eigenvalue weighted by Crippen LogP contribution is 2.16. The fraction of sp³-hybridized carbons (Fsp3) is 0.538. The zero-order valence-corrected chi connectivity index (χ0v) is 10.8. The molecule has 2 heterocycles. The lowest BCUT2D eigenvalue weighted by molar-refractivity contribution is 0.0916. The maximum Gasteiger partial charge on any atom is 0.255 e. The molecular formula is C13H19N3O2. The number of nitrogens with one attached hydrogen (secondary N) is 2. The van der Waals surface area contributed by atoms with Crippen LogP contribution in [0.2, 0.25) is 0 Å². The quantitative estimate of drug-likeness (QED) is 0.837. The van der Waals surface area contributed by atoms with Crippen molar-refractivity contribution in [3.63, 3.8) is 0 Å². The molecule has 5 heteroatoms. The van der Waals surface area contributed by atoms with Gasteiger partial charge in [-0.15, -0.1) is 0 Å². The van der Waals surface area contributed by atoms with Crippen LogP contribution in [0, 0.1) is 0 Å². The van der Waals surface area contributed by atoms with Crippen molar-refractivity contribution in [2.45, 2.75) is 31.8 Å². The summed E-state index contributed by atoms with van der Waals surface area (Å²) in [5.41, 5.74) is 0.533. The largest absolute Gasteiger partial charge is 0.494 e. The van der Waals surface area contributed by atoms with Crippen LogP contribution in [0.1, 0.15) is 30.1 Å². The van der Waals surface area contributed by atoms with Gasteiger partial charge in [-0.25, -0.2) is 0 Å². The van der Waals surface area contributed by atoms with Crippen molar-refractivity contribution >= 4 is 5.91 Å². The SMILES string of the molecule is COc1cnccc1C(=O)NC1CCCNC1C. The summed E-state index contributed by atoms with van der Waals surface area (Å²) in [7, 11) is 1.54. The Labute approximate surface area is 107 Å². The van der Waals surface area contributed by atoms with Gasteiger partial charge in [-0.05, 0) is 32.4 Å². The average Bonchev–Trinajstić information content (AvgIpc) is 2.41. The molecule has 2 rings (SSSR count). The molecule has 0 saturated carbocycles. The van der Waals surface area contributed by atoms with E-state index >= 15 is 0 Å². The van der Waals surface area contributed by atoms with Crippen molar-refractivity contribution in [1.82, 2.24) is 15.6 Å². The molecule has 5 nitrogen and oxygen atoms in total. The van der Waals surface area contributed by atoms with Crippen molar-refractivity contribution in [3.8, 4) is 5.75 Å². The molecule has 2 unspecified atom stereocenters. The molecule has 1 aliphatic heterocycles. The smallest absolute Gasteiger partial charge is 0.255 e. The van der Waals surface area contributed by atoms with E-state index in [1.807, 2.05) is 0 Å². The Hall–Kier alpha value is -1.62. The topological polar surface area (TPSA) is 63.2 Å². The molecule has 2 atom stereocenters. The second-order valence-corrected chi connectivity index (χ2v) is 4.54. The van der Waals surface area contributed by atoms with Gasteiger partial charge in [0.15, 0.2) is 0 Å². The number of nitrogens with zero attached hydrogens (tertiary/aromatic N) is 1. The van der Waals surface area contributed by atoms with Gasteiger partial charge >= 0.3 is 0 Å². The molecule has 0 spiro atoms. The summed E-state index contributed by atoms with van der Waals surface area (Å²) in [4.78, 5) is 16.1. The lowest BCUT2D eigenvalue weighted by Crippen LogP contribution is -2.51. The number of hydrogen-bond donors (Lipinski definition) is 2. The van der Waals surface area contributed by atoms with Crippen LogP contribution in [0.15, 0.2) is 18.5 Å². The minimum atomic E-state index is -0.102. The van der Waals surface area contributed by atoms with Crippen LogP contribution >= 0.6 is 0 Å². The predicted molar refractivity (Wildman–Crippen MR) is 68.7 cm³/mol. The van der Waals surface area contributed by atoms with Gasteiger partial charge in [0.25, 0.3) is 5.91 Å². The molecule has 0 radical (unpaired) electrons. The number of hydrogen-bond acceptors (Lipinski definition) is 4. The van der Waals surface area contributed by atoms with Gasteiger partial charge in [-0.1, -0.05) is 0 Å². The van der Waals surface area contributed by atoms with Crippen LogP contribution in [0.4, 0.5) is 0 Å². The number of carbonyl (C=O) groups is 1. The average molecular weight is 249 g/mol. The van der Waals surface area contributed by atoms with E-state index in [2.05, 4.69) is 22.5 Å². The summed E-state index contributed by atoms with van der Waals surface area (Å²) in [6.07, 6.45) is 5.24. The van der Waals surface area contributed by atoms with Gasteiger partial charge in [0.2, 0.25) is 0 Å². The van der Waals surface area contributed by atoms with E-state index in [1.54, 1.807) is 25.6 Å². The van der Waals surface area contributed by atoms with Gasteiger partial charge in [0.1, 0.15) is 5.75 Å². The molecule has 2 N–H and O–H groups in total. The molecule has 1 aliphatic rings. The van der Waals surface area contributed by atoms with Crippen LogP contribution in [0.3, 0.4) is 0 Å². The van der Waals surface area contributed by atoms with E-state index in [9.17, 15) is 4.79 Å². The number of ether oxygens (including phenoxy) is 1. The van der Waals surface area contributed by atoms with Crippen LogP contribution < -0.4 is 15.4 Å². The molecule has 0 aromatic carbocycles. The maximum absolute atomic E-state index is 12.2. The van der Waals surface area contributed by atoms with Gasteiger partial charge < -0.3 is 15.4 Å². The molecule has 98 valence electrons. The number of carbonyl (C=O) groups excluding carboxylic acids is 1. The van der Waals surface area contributed by atoms with Gasteiger partial charge in [0, 0.05) is 18.3 Å². The fourth-order valence-corrected chi connectivity index (χ4v) is 2.22. The molecule has 18 heavy (non-hydrogen) atoms. The Morgan fingerprint density at radius 2 is 2.44 bits per heavy atom. The molecule has 1 fully saturated rings. The molecular weight excluding hydrogens is 230 g/mol. The minimum Gasteiger partial charge on any atom is -0.494 e. The second-order valence-electron chi connectivity index (χ2n) is 4.54. The summed E-state index contributed by atoms with van der Waals surface area (Å²) in [5.74, 6) is 0.404. The highest BCUT2D eigenvalue weighted by Gasteiger charge is 2.23. The van der Waals surface area contributed by atoms with E-state index in [1.165, 1.54) is 0 Å². The maximum atomic E-state index is 12.2. The number of piperidine rings is 1. The van der Waals surface area contributed by atoms with Crippen molar-refractivity contribution in [2.75, 3.05) is 13.7 Å². The van der Waals surface area contributed by atoms with Gasteiger partial charge in [-0.2, -0.15) is 0 Å².